The highest BCUT2D eigenvalue weighted by Gasteiger charge is 2.39. The minimum atomic E-state index is -0.278. The smallest absolute Gasteiger partial charge is 0.275 e. The van der Waals surface area contributed by atoms with Crippen LogP contribution in [-0.2, 0) is 14.4 Å². The molecule has 0 aromatic rings. The summed E-state index contributed by atoms with van der Waals surface area (Å²) in [7, 11) is 0. The summed E-state index contributed by atoms with van der Waals surface area (Å²) in [5.41, 5.74) is 0. The zero-order valence-corrected chi connectivity index (χ0v) is 9.35. The van der Waals surface area contributed by atoms with Crippen molar-refractivity contribution in [2.45, 2.75) is 43.9 Å². The molecule has 0 unspecified atom stereocenters. The summed E-state index contributed by atoms with van der Waals surface area (Å²) in [6.45, 7) is 2.38. The van der Waals surface area contributed by atoms with Gasteiger partial charge < -0.3 is 10.1 Å². The number of amides is 1. The van der Waals surface area contributed by atoms with Gasteiger partial charge in [0.05, 0.1) is 19.3 Å². The number of hydroxylamine groups is 2. The van der Waals surface area contributed by atoms with Crippen molar-refractivity contribution in [2.24, 2.45) is 0 Å². The molecule has 0 bridgehead atoms. The fourth-order valence-corrected chi connectivity index (χ4v) is 2.77. The van der Waals surface area contributed by atoms with Gasteiger partial charge in [0.25, 0.3) is 5.91 Å². The van der Waals surface area contributed by atoms with Gasteiger partial charge in [0.15, 0.2) is 0 Å². The number of carbonyl (C=O) groups is 1. The second kappa shape index (κ2) is 4.31. The molecule has 0 aliphatic carbocycles. The van der Waals surface area contributed by atoms with Crippen LogP contribution in [0.3, 0.4) is 0 Å². The molecule has 0 spiro atoms. The van der Waals surface area contributed by atoms with Crippen molar-refractivity contribution in [3.05, 3.63) is 0 Å². The van der Waals surface area contributed by atoms with Gasteiger partial charge in [-0.05, 0) is 32.2 Å². The molecular formula is C11H18N2O3. The van der Waals surface area contributed by atoms with Crippen LogP contribution >= 0.6 is 0 Å². The van der Waals surface area contributed by atoms with E-state index in [4.69, 9.17) is 9.57 Å². The maximum absolute atomic E-state index is 12.0. The molecular weight excluding hydrogens is 208 g/mol. The largest absolute Gasteiger partial charge is 0.363 e. The Hall–Kier alpha value is -0.650. The van der Waals surface area contributed by atoms with Crippen LogP contribution in [0.1, 0.15) is 25.7 Å². The predicted octanol–water partition coefficient (Wildman–Crippen LogP) is 0.0598. The van der Waals surface area contributed by atoms with Crippen molar-refractivity contribution in [3.63, 3.8) is 0 Å². The van der Waals surface area contributed by atoms with Crippen LogP contribution in [0.25, 0.3) is 0 Å². The summed E-state index contributed by atoms with van der Waals surface area (Å²) in [6.07, 6.45) is 3.76. The van der Waals surface area contributed by atoms with E-state index in [1.165, 1.54) is 5.06 Å². The van der Waals surface area contributed by atoms with Crippen molar-refractivity contribution in [1.29, 1.82) is 0 Å². The van der Waals surface area contributed by atoms with E-state index in [2.05, 4.69) is 5.32 Å². The number of nitrogens with zero attached hydrogens (tertiary/aromatic N) is 1. The number of carbonyl (C=O) groups excluding carboxylic acids is 1. The predicted molar refractivity (Wildman–Crippen MR) is 56.6 cm³/mol. The maximum atomic E-state index is 12.0. The van der Waals surface area contributed by atoms with Gasteiger partial charge in [-0.25, -0.2) is 5.06 Å². The molecule has 3 atom stereocenters. The van der Waals surface area contributed by atoms with Crippen molar-refractivity contribution >= 4 is 5.91 Å². The maximum Gasteiger partial charge on any atom is 0.275 e. The van der Waals surface area contributed by atoms with Crippen molar-refractivity contribution < 1.29 is 14.4 Å². The average Bonchev–Trinajstić information content (AvgIpc) is 2.98. The first-order chi connectivity index (χ1) is 7.84. The number of ether oxygens (including phenoxy) is 1. The second-order valence-electron chi connectivity index (χ2n) is 4.72. The summed E-state index contributed by atoms with van der Waals surface area (Å²) in [5.74, 6) is 0.0165. The van der Waals surface area contributed by atoms with E-state index in [9.17, 15) is 4.79 Å². The quantitative estimate of drug-likeness (QED) is 0.687. The van der Waals surface area contributed by atoms with Crippen LogP contribution in [0.5, 0.6) is 0 Å². The third kappa shape index (κ3) is 1.83. The van der Waals surface area contributed by atoms with E-state index < -0.39 is 0 Å². The Morgan fingerprint density at radius 2 is 2.25 bits per heavy atom. The SMILES string of the molecule is O=C([C@H]1CC[C@H]2NCC[C@H]2O1)N1CCCO1. The lowest BCUT2D eigenvalue weighted by Crippen LogP contribution is -2.47. The molecule has 0 aromatic carbocycles. The van der Waals surface area contributed by atoms with Gasteiger partial charge in [0.1, 0.15) is 6.10 Å². The lowest BCUT2D eigenvalue weighted by Gasteiger charge is -2.32. The highest BCUT2D eigenvalue weighted by molar-refractivity contribution is 5.80. The zero-order valence-electron chi connectivity index (χ0n) is 9.35. The van der Waals surface area contributed by atoms with Crippen LogP contribution in [0, 0.1) is 0 Å². The fraction of sp³-hybridized carbons (Fsp3) is 0.909. The van der Waals surface area contributed by atoms with Crippen LogP contribution in [0.4, 0.5) is 0 Å². The van der Waals surface area contributed by atoms with Gasteiger partial charge in [-0.1, -0.05) is 0 Å². The molecule has 3 aliphatic rings. The molecule has 3 saturated heterocycles. The van der Waals surface area contributed by atoms with E-state index >= 15 is 0 Å². The Morgan fingerprint density at radius 3 is 3.06 bits per heavy atom. The van der Waals surface area contributed by atoms with Crippen LogP contribution in [0.2, 0.25) is 0 Å². The summed E-state index contributed by atoms with van der Waals surface area (Å²) in [6, 6.07) is 0.462. The molecule has 0 aromatic heterocycles. The molecule has 16 heavy (non-hydrogen) atoms. The molecule has 3 fully saturated rings. The third-order valence-corrected chi connectivity index (χ3v) is 3.64. The van der Waals surface area contributed by atoms with E-state index in [-0.39, 0.29) is 18.1 Å². The second-order valence-corrected chi connectivity index (χ2v) is 4.72. The van der Waals surface area contributed by atoms with Gasteiger partial charge >= 0.3 is 0 Å². The summed E-state index contributed by atoms with van der Waals surface area (Å²) in [5, 5.41) is 4.89. The Balaban J connectivity index is 1.60. The van der Waals surface area contributed by atoms with Gasteiger partial charge in [-0.2, -0.15) is 0 Å². The van der Waals surface area contributed by atoms with E-state index in [0.29, 0.717) is 19.2 Å². The normalized spacial score (nSPS) is 38.8. The molecule has 3 heterocycles. The third-order valence-electron chi connectivity index (χ3n) is 3.64. The number of nitrogens with one attached hydrogen (secondary N) is 1. The van der Waals surface area contributed by atoms with Crippen LogP contribution in [-0.4, -0.2) is 48.9 Å². The Labute approximate surface area is 95.0 Å². The molecule has 5 nitrogen and oxygen atoms in total. The number of rotatable bonds is 1. The Kier molecular flexibility index (Phi) is 2.83. The number of hydrogen-bond acceptors (Lipinski definition) is 4. The minimum Gasteiger partial charge on any atom is -0.363 e. The van der Waals surface area contributed by atoms with Gasteiger partial charge in [-0.15, -0.1) is 0 Å². The number of fused-ring (bicyclic) bond motifs is 1. The Bertz CT molecular complexity index is 278. The molecule has 1 N–H and O–H groups in total. The molecule has 1 amide bonds. The van der Waals surface area contributed by atoms with Crippen LogP contribution in [0.15, 0.2) is 0 Å². The van der Waals surface area contributed by atoms with E-state index in [1.807, 2.05) is 0 Å². The van der Waals surface area contributed by atoms with Crippen molar-refractivity contribution in [3.8, 4) is 0 Å². The first-order valence-corrected chi connectivity index (χ1v) is 6.18. The summed E-state index contributed by atoms with van der Waals surface area (Å²) >= 11 is 0. The van der Waals surface area contributed by atoms with E-state index in [0.717, 1.165) is 32.2 Å². The molecule has 5 heteroatoms. The molecule has 3 aliphatic heterocycles. The molecule has 3 rings (SSSR count). The monoisotopic (exact) mass is 226 g/mol. The standard InChI is InChI=1S/C11H18N2O3/c14-11(13-6-1-7-15-13)10-3-2-8-9(16-10)4-5-12-8/h8-10,12H,1-7H2/t8-,9-,10-/m1/s1. The topological polar surface area (TPSA) is 50.8 Å². The lowest BCUT2D eigenvalue weighted by molar-refractivity contribution is -0.188. The van der Waals surface area contributed by atoms with Gasteiger partial charge in [-0.3, -0.25) is 9.63 Å². The summed E-state index contributed by atoms with van der Waals surface area (Å²) < 4.78 is 5.85. The van der Waals surface area contributed by atoms with Gasteiger partial charge in [0.2, 0.25) is 0 Å². The number of hydrogen-bond donors (Lipinski definition) is 1. The zero-order chi connectivity index (χ0) is 11.0. The van der Waals surface area contributed by atoms with Crippen molar-refractivity contribution in [1.82, 2.24) is 10.4 Å². The lowest BCUT2D eigenvalue weighted by atomic mass is 9.99. The molecule has 90 valence electrons. The highest BCUT2D eigenvalue weighted by Crippen LogP contribution is 2.26. The molecule has 0 saturated carbocycles. The summed E-state index contributed by atoms with van der Waals surface area (Å²) in [4.78, 5) is 17.3. The van der Waals surface area contributed by atoms with Gasteiger partial charge in [0, 0.05) is 6.04 Å². The van der Waals surface area contributed by atoms with E-state index in [1.54, 1.807) is 0 Å². The Morgan fingerprint density at radius 1 is 1.31 bits per heavy atom. The average molecular weight is 226 g/mol. The van der Waals surface area contributed by atoms with Crippen LogP contribution < -0.4 is 5.32 Å². The first-order valence-electron chi connectivity index (χ1n) is 6.18. The fourth-order valence-electron chi connectivity index (χ4n) is 2.77. The first kappa shape index (κ1) is 10.5. The minimum absolute atomic E-state index is 0.0165. The van der Waals surface area contributed by atoms with Crippen molar-refractivity contribution in [2.75, 3.05) is 19.7 Å². The molecule has 0 radical (unpaired) electrons. The highest BCUT2D eigenvalue weighted by atomic mass is 16.7.